The maximum Gasteiger partial charge on any atom is 0.180 e. The Hall–Kier alpha value is -1.52. The zero-order valence-electron chi connectivity index (χ0n) is 14.7. The summed E-state index contributed by atoms with van der Waals surface area (Å²) in [6.45, 7) is 10.8. The second kappa shape index (κ2) is 8.20. The summed E-state index contributed by atoms with van der Waals surface area (Å²) in [5.74, 6) is 0.567. The number of methoxy groups -OCH3 is 1. The van der Waals surface area contributed by atoms with Crippen molar-refractivity contribution in [3.63, 3.8) is 0 Å². The molecule has 1 N–H and O–H groups in total. The average Bonchev–Trinajstić information content (AvgIpc) is 2.37. The summed E-state index contributed by atoms with van der Waals surface area (Å²) in [4.78, 5) is 2.12. The van der Waals surface area contributed by atoms with Crippen LogP contribution in [0.3, 0.4) is 0 Å². The van der Waals surface area contributed by atoms with Crippen LogP contribution < -0.4 is 5.32 Å². The van der Waals surface area contributed by atoms with Crippen LogP contribution in [0.4, 0.5) is 0 Å². The Labute approximate surface area is 135 Å². The van der Waals surface area contributed by atoms with Gasteiger partial charge in [-0.25, -0.2) is 0 Å². The third kappa shape index (κ3) is 6.50. The van der Waals surface area contributed by atoms with Gasteiger partial charge in [0.1, 0.15) is 11.7 Å². The van der Waals surface area contributed by atoms with E-state index in [0.29, 0.717) is 5.88 Å². The van der Waals surface area contributed by atoms with Crippen LogP contribution in [0.1, 0.15) is 32.4 Å². The molecule has 0 spiro atoms. The molecule has 4 heteroatoms. The van der Waals surface area contributed by atoms with Crippen LogP contribution >= 0.6 is 0 Å². The first kappa shape index (κ1) is 18.5. The largest absolute Gasteiger partial charge is 0.474 e. The monoisotopic (exact) mass is 306 g/mol. The predicted molar refractivity (Wildman–Crippen MR) is 91.6 cm³/mol. The third-order valence-corrected chi connectivity index (χ3v) is 3.09. The van der Waals surface area contributed by atoms with Crippen molar-refractivity contribution in [3.05, 3.63) is 48.4 Å². The second-order valence-electron chi connectivity index (χ2n) is 6.72. The van der Waals surface area contributed by atoms with Crippen LogP contribution in [0.2, 0.25) is 0 Å². The maximum absolute atomic E-state index is 5.80. The third-order valence-electron chi connectivity index (χ3n) is 3.09. The molecule has 0 saturated carbocycles. The summed E-state index contributed by atoms with van der Waals surface area (Å²) in [5.41, 5.74) is 0.857. The zero-order chi connectivity index (χ0) is 16.8. The first-order valence-electron chi connectivity index (χ1n) is 7.60. The normalized spacial score (nSPS) is 14.5. The second-order valence-corrected chi connectivity index (χ2v) is 6.72. The lowest BCUT2D eigenvalue weighted by Gasteiger charge is -2.32. The molecule has 4 nitrogen and oxygen atoms in total. The molecule has 0 aromatic heterocycles. The highest BCUT2D eigenvalue weighted by molar-refractivity contribution is 5.20. The van der Waals surface area contributed by atoms with E-state index in [4.69, 9.17) is 9.47 Å². The molecule has 0 heterocycles. The Kier molecular flexibility index (Phi) is 6.91. The van der Waals surface area contributed by atoms with Crippen molar-refractivity contribution in [2.45, 2.75) is 38.5 Å². The van der Waals surface area contributed by atoms with Crippen molar-refractivity contribution in [2.24, 2.45) is 0 Å². The van der Waals surface area contributed by atoms with Crippen molar-refractivity contribution in [2.75, 3.05) is 27.7 Å². The Morgan fingerprint density at radius 1 is 1.23 bits per heavy atom. The van der Waals surface area contributed by atoms with Gasteiger partial charge in [-0.2, -0.15) is 0 Å². The smallest absolute Gasteiger partial charge is 0.180 e. The Morgan fingerprint density at radius 2 is 1.82 bits per heavy atom. The Morgan fingerprint density at radius 3 is 2.27 bits per heavy atom. The molecule has 0 saturated heterocycles. The van der Waals surface area contributed by atoms with Crippen LogP contribution in [0.15, 0.2) is 42.8 Å². The number of rotatable bonds is 8. The van der Waals surface area contributed by atoms with E-state index in [1.54, 1.807) is 7.11 Å². The van der Waals surface area contributed by atoms with E-state index < -0.39 is 0 Å². The maximum atomic E-state index is 5.80. The molecule has 0 aliphatic heterocycles. The van der Waals surface area contributed by atoms with Crippen LogP contribution in [0, 0.1) is 0 Å². The van der Waals surface area contributed by atoms with Crippen molar-refractivity contribution in [1.82, 2.24) is 10.2 Å². The van der Waals surface area contributed by atoms with E-state index in [-0.39, 0.29) is 17.7 Å². The minimum atomic E-state index is -0.276. The molecule has 2 atom stereocenters. The standard InChI is InChI=1S/C18H30N2O2/c1-14(22-18(2,3)4)19-16(13-20(5)6)17(21-7)15-11-9-8-10-12-15/h8-12,16-17,19H,1,13H2,2-7H3/t16-,17-/m1/s1. The van der Waals surface area contributed by atoms with Crippen molar-refractivity contribution in [3.8, 4) is 0 Å². The minimum Gasteiger partial charge on any atom is -0.474 e. The highest BCUT2D eigenvalue weighted by Crippen LogP contribution is 2.22. The molecule has 0 radical (unpaired) electrons. The van der Waals surface area contributed by atoms with E-state index in [0.717, 1.165) is 12.1 Å². The van der Waals surface area contributed by atoms with Gasteiger partial charge in [-0.1, -0.05) is 30.3 Å². The van der Waals surface area contributed by atoms with Gasteiger partial charge in [0.05, 0.1) is 6.04 Å². The molecule has 1 rings (SSSR count). The van der Waals surface area contributed by atoms with Crippen molar-refractivity contribution >= 4 is 0 Å². The molecular weight excluding hydrogens is 276 g/mol. The molecule has 0 aliphatic carbocycles. The number of nitrogens with zero attached hydrogens (tertiary/aromatic N) is 1. The molecule has 124 valence electrons. The van der Waals surface area contributed by atoms with Gasteiger partial charge >= 0.3 is 0 Å². The topological polar surface area (TPSA) is 33.7 Å². The van der Waals surface area contributed by atoms with E-state index in [2.05, 4.69) is 28.9 Å². The molecule has 0 amide bonds. The number of benzene rings is 1. The fraction of sp³-hybridized carbons (Fsp3) is 0.556. The summed E-state index contributed by atoms with van der Waals surface area (Å²) in [6, 6.07) is 10.2. The minimum absolute atomic E-state index is 0.0391. The molecule has 0 fully saturated rings. The number of likely N-dealkylation sites (N-methyl/N-ethyl adjacent to an activating group) is 1. The number of ether oxygens (including phenoxy) is 2. The van der Waals surface area contributed by atoms with Crippen LogP contribution in [-0.4, -0.2) is 44.3 Å². The number of hydrogen-bond acceptors (Lipinski definition) is 4. The molecular formula is C18H30N2O2. The average molecular weight is 306 g/mol. The molecule has 22 heavy (non-hydrogen) atoms. The first-order valence-corrected chi connectivity index (χ1v) is 7.60. The van der Waals surface area contributed by atoms with Gasteiger partial charge in [0, 0.05) is 13.7 Å². The molecule has 1 aromatic carbocycles. The Bertz CT molecular complexity index is 452. The lowest BCUT2D eigenvalue weighted by Crippen LogP contribution is -2.44. The van der Waals surface area contributed by atoms with Crippen LogP contribution in [0.25, 0.3) is 0 Å². The number of nitrogens with one attached hydrogen (secondary N) is 1. The van der Waals surface area contributed by atoms with E-state index >= 15 is 0 Å². The number of hydrogen-bond donors (Lipinski definition) is 1. The summed E-state index contributed by atoms with van der Waals surface area (Å²) < 4.78 is 11.5. The van der Waals surface area contributed by atoms with Gasteiger partial charge in [0.2, 0.25) is 0 Å². The lowest BCUT2D eigenvalue weighted by molar-refractivity contribution is 0.0161. The zero-order valence-corrected chi connectivity index (χ0v) is 14.7. The van der Waals surface area contributed by atoms with Gasteiger partial charge in [-0.15, -0.1) is 0 Å². The lowest BCUT2D eigenvalue weighted by atomic mass is 10.0. The SMILES string of the molecule is C=C(N[C@H](CN(C)C)[C@H](OC)c1ccccc1)OC(C)(C)C. The fourth-order valence-corrected chi connectivity index (χ4v) is 2.39. The fourth-order valence-electron chi connectivity index (χ4n) is 2.39. The van der Waals surface area contributed by atoms with Gasteiger partial charge in [0.25, 0.3) is 0 Å². The van der Waals surface area contributed by atoms with E-state index in [1.165, 1.54) is 0 Å². The van der Waals surface area contributed by atoms with Gasteiger partial charge in [-0.3, -0.25) is 0 Å². The van der Waals surface area contributed by atoms with Gasteiger partial charge in [0.15, 0.2) is 5.88 Å². The molecule has 0 unspecified atom stereocenters. The van der Waals surface area contributed by atoms with Gasteiger partial charge < -0.3 is 19.7 Å². The highest BCUT2D eigenvalue weighted by Gasteiger charge is 2.25. The highest BCUT2D eigenvalue weighted by atomic mass is 16.5. The van der Waals surface area contributed by atoms with E-state index in [9.17, 15) is 0 Å². The van der Waals surface area contributed by atoms with Crippen LogP contribution in [-0.2, 0) is 9.47 Å². The first-order chi connectivity index (χ1) is 10.2. The van der Waals surface area contributed by atoms with Gasteiger partial charge in [-0.05, 0) is 47.0 Å². The summed E-state index contributed by atoms with van der Waals surface area (Å²) in [7, 11) is 5.81. The molecule has 1 aromatic rings. The predicted octanol–water partition coefficient (Wildman–Crippen LogP) is 3.18. The van der Waals surface area contributed by atoms with Crippen LogP contribution in [0.5, 0.6) is 0 Å². The summed E-state index contributed by atoms with van der Waals surface area (Å²) in [5, 5.41) is 3.37. The van der Waals surface area contributed by atoms with E-state index in [1.807, 2.05) is 53.1 Å². The van der Waals surface area contributed by atoms with Crippen molar-refractivity contribution < 1.29 is 9.47 Å². The summed E-state index contributed by atoms with van der Waals surface area (Å²) in [6.07, 6.45) is -0.0797. The Balaban J connectivity index is 2.88. The molecule has 0 aliphatic rings. The van der Waals surface area contributed by atoms with Crippen molar-refractivity contribution in [1.29, 1.82) is 0 Å². The quantitative estimate of drug-likeness (QED) is 0.748. The summed E-state index contributed by atoms with van der Waals surface area (Å²) >= 11 is 0. The molecule has 0 bridgehead atoms.